The molecule has 2 rings (SSSR count). The third-order valence-corrected chi connectivity index (χ3v) is 3.17. The fourth-order valence-corrected chi connectivity index (χ4v) is 2.19. The SMILES string of the molecule is Cc1cc(CNCCC2CCNCC2)no1. The van der Waals surface area contributed by atoms with Crippen molar-refractivity contribution >= 4 is 0 Å². The fourth-order valence-electron chi connectivity index (χ4n) is 2.19. The van der Waals surface area contributed by atoms with Crippen molar-refractivity contribution in [1.29, 1.82) is 0 Å². The van der Waals surface area contributed by atoms with E-state index in [1.54, 1.807) is 0 Å². The second-order valence-corrected chi connectivity index (χ2v) is 4.59. The van der Waals surface area contributed by atoms with Crippen LogP contribution in [0.1, 0.15) is 30.7 Å². The molecule has 1 aromatic heterocycles. The average Bonchev–Trinajstić information content (AvgIpc) is 2.72. The summed E-state index contributed by atoms with van der Waals surface area (Å²) in [6, 6.07) is 1.98. The van der Waals surface area contributed by atoms with Crippen molar-refractivity contribution in [1.82, 2.24) is 15.8 Å². The Bertz CT molecular complexity index is 305. The highest BCUT2D eigenvalue weighted by atomic mass is 16.5. The second-order valence-electron chi connectivity index (χ2n) is 4.59. The zero-order valence-corrected chi connectivity index (χ0v) is 9.96. The minimum Gasteiger partial charge on any atom is -0.361 e. The molecule has 2 N–H and O–H groups in total. The normalized spacial score (nSPS) is 17.8. The molecular weight excluding hydrogens is 202 g/mol. The van der Waals surface area contributed by atoms with Gasteiger partial charge in [0.05, 0.1) is 5.69 Å². The molecule has 1 aromatic rings. The van der Waals surface area contributed by atoms with Crippen molar-refractivity contribution < 1.29 is 4.52 Å². The van der Waals surface area contributed by atoms with E-state index >= 15 is 0 Å². The Morgan fingerprint density at radius 1 is 1.50 bits per heavy atom. The van der Waals surface area contributed by atoms with Crippen LogP contribution in [0.2, 0.25) is 0 Å². The van der Waals surface area contributed by atoms with Crippen LogP contribution in [-0.4, -0.2) is 24.8 Å². The number of aryl methyl sites for hydroxylation is 1. The third kappa shape index (κ3) is 3.61. The molecule has 4 heteroatoms. The molecule has 16 heavy (non-hydrogen) atoms. The van der Waals surface area contributed by atoms with E-state index < -0.39 is 0 Å². The molecule has 0 unspecified atom stereocenters. The van der Waals surface area contributed by atoms with Crippen LogP contribution < -0.4 is 10.6 Å². The highest BCUT2D eigenvalue weighted by Gasteiger charge is 2.11. The number of piperidine rings is 1. The number of nitrogens with one attached hydrogen (secondary N) is 2. The van der Waals surface area contributed by atoms with Crippen LogP contribution in [0.25, 0.3) is 0 Å². The molecule has 1 fully saturated rings. The minimum absolute atomic E-state index is 0.822. The Kier molecular flexibility index (Phi) is 4.36. The van der Waals surface area contributed by atoms with Gasteiger partial charge in [-0.2, -0.15) is 0 Å². The summed E-state index contributed by atoms with van der Waals surface area (Å²) in [5.41, 5.74) is 1.00. The van der Waals surface area contributed by atoms with Crippen molar-refractivity contribution in [2.24, 2.45) is 5.92 Å². The number of aromatic nitrogens is 1. The van der Waals surface area contributed by atoms with Crippen molar-refractivity contribution in [3.63, 3.8) is 0 Å². The van der Waals surface area contributed by atoms with Gasteiger partial charge in [-0.25, -0.2) is 0 Å². The Balaban J connectivity index is 1.57. The van der Waals surface area contributed by atoms with E-state index in [2.05, 4.69) is 15.8 Å². The predicted molar refractivity (Wildman–Crippen MR) is 63.2 cm³/mol. The second kappa shape index (κ2) is 6.01. The maximum absolute atomic E-state index is 5.01. The predicted octanol–water partition coefficient (Wildman–Crippen LogP) is 1.46. The quantitative estimate of drug-likeness (QED) is 0.742. The Morgan fingerprint density at radius 3 is 3.00 bits per heavy atom. The largest absolute Gasteiger partial charge is 0.361 e. The Morgan fingerprint density at radius 2 is 2.31 bits per heavy atom. The number of nitrogens with zero attached hydrogens (tertiary/aromatic N) is 1. The van der Waals surface area contributed by atoms with Gasteiger partial charge >= 0.3 is 0 Å². The summed E-state index contributed by atoms with van der Waals surface area (Å²) in [6.07, 6.45) is 3.92. The van der Waals surface area contributed by atoms with Gasteiger partial charge in [0.15, 0.2) is 0 Å². The summed E-state index contributed by atoms with van der Waals surface area (Å²) < 4.78 is 5.01. The molecular formula is C12H21N3O. The Hall–Kier alpha value is -0.870. The van der Waals surface area contributed by atoms with Crippen LogP contribution in [0, 0.1) is 12.8 Å². The van der Waals surface area contributed by atoms with Crippen LogP contribution in [0.5, 0.6) is 0 Å². The van der Waals surface area contributed by atoms with Gasteiger partial charge in [-0.15, -0.1) is 0 Å². The van der Waals surface area contributed by atoms with Crippen LogP contribution >= 0.6 is 0 Å². The van der Waals surface area contributed by atoms with E-state index in [9.17, 15) is 0 Å². The van der Waals surface area contributed by atoms with Crippen LogP contribution in [0.4, 0.5) is 0 Å². The van der Waals surface area contributed by atoms with Crippen molar-refractivity contribution in [3.05, 3.63) is 17.5 Å². The lowest BCUT2D eigenvalue weighted by molar-refractivity contribution is 0.346. The van der Waals surface area contributed by atoms with Gasteiger partial charge in [0, 0.05) is 12.6 Å². The fraction of sp³-hybridized carbons (Fsp3) is 0.750. The molecule has 0 spiro atoms. The molecule has 1 aliphatic rings. The van der Waals surface area contributed by atoms with Crippen molar-refractivity contribution in [2.45, 2.75) is 32.7 Å². The molecule has 0 aliphatic carbocycles. The first kappa shape index (κ1) is 11.6. The molecule has 0 bridgehead atoms. The third-order valence-electron chi connectivity index (χ3n) is 3.17. The lowest BCUT2D eigenvalue weighted by Crippen LogP contribution is -2.29. The molecule has 0 saturated carbocycles. The summed E-state index contributed by atoms with van der Waals surface area (Å²) in [7, 11) is 0. The highest BCUT2D eigenvalue weighted by molar-refractivity contribution is 5.02. The first-order chi connectivity index (χ1) is 7.84. The Labute approximate surface area is 96.8 Å². The van der Waals surface area contributed by atoms with Crippen LogP contribution in [-0.2, 0) is 6.54 Å². The maximum atomic E-state index is 5.01. The van der Waals surface area contributed by atoms with E-state index in [0.29, 0.717) is 0 Å². The maximum Gasteiger partial charge on any atom is 0.133 e. The number of rotatable bonds is 5. The zero-order chi connectivity index (χ0) is 11.2. The van der Waals surface area contributed by atoms with Gasteiger partial charge in [0.1, 0.15) is 5.76 Å². The first-order valence-electron chi connectivity index (χ1n) is 6.18. The molecule has 0 atom stereocenters. The molecule has 0 radical (unpaired) electrons. The van der Waals surface area contributed by atoms with E-state index in [1.165, 1.54) is 32.4 Å². The van der Waals surface area contributed by atoms with Gasteiger partial charge in [-0.3, -0.25) is 0 Å². The summed E-state index contributed by atoms with van der Waals surface area (Å²) in [6.45, 7) is 6.20. The standard InChI is InChI=1S/C12H21N3O/c1-10-8-12(15-16-10)9-14-7-4-11-2-5-13-6-3-11/h8,11,13-14H,2-7,9H2,1H3. The van der Waals surface area contributed by atoms with Crippen LogP contribution in [0.3, 0.4) is 0 Å². The minimum atomic E-state index is 0.822. The highest BCUT2D eigenvalue weighted by Crippen LogP contribution is 2.14. The summed E-state index contributed by atoms with van der Waals surface area (Å²) in [5, 5.41) is 10.8. The average molecular weight is 223 g/mol. The molecule has 2 heterocycles. The zero-order valence-electron chi connectivity index (χ0n) is 9.96. The topological polar surface area (TPSA) is 50.1 Å². The number of hydrogen-bond acceptors (Lipinski definition) is 4. The molecule has 0 amide bonds. The molecule has 0 aromatic carbocycles. The summed E-state index contributed by atoms with van der Waals surface area (Å²) in [5.74, 6) is 1.78. The summed E-state index contributed by atoms with van der Waals surface area (Å²) in [4.78, 5) is 0. The molecule has 1 aliphatic heterocycles. The smallest absolute Gasteiger partial charge is 0.133 e. The van der Waals surface area contributed by atoms with E-state index in [-0.39, 0.29) is 0 Å². The monoisotopic (exact) mass is 223 g/mol. The number of hydrogen-bond donors (Lipinski definition) is 2. The van der Waals surface area contributed by atoms with E-state index in [4.69, 9.17) is 4.52 Å². The molecule has 90 valence electrons. The van der Waals surface area contributed by atoms with Gasteiger partial charge < -0.3 is 15.2 Å². The lowest BCUT2D eigenvalue weighted by Gasteiger charge is -2.22. The van der Waals surface area contributed by atoms with E-state index in [1.807, 2.05) is 13.0 Å². The van der Waals surface area contributed by atoms with Crippen LogP contribution in [0.15, 0.2) is 10.6 Å². The molecule has 1 saturated heterocycles. The summed E-state index contributed by atoms with van der Waals surface area (Å²) >= 11 is 0. The molecule has 4 nitrogen and oxygen atoms in total. The van der Waals surface area contributed by atoms with Crippen molar-refractivity contribution in [3.8, 4) is 0 Å². The van der Waals surface area contributed by atoms with Gasteiger partial charge in [0.25, 0.3) is 0 Å². The van der Waals surface area contributed by atoms with E-state index in [0.717, 1.165) is 30.5 Å². The van der Waals surface area contributed by atoms with Gasteiger partial charge in [-0.05, 0) is 51.7 Å². The first-order valence-corrected chi connectivity index (χ1v) is 6.18. The van der Waals surface area contributed by atoms with Crippen molar-refractivity contribution in [2.75, 3.05) is 19.6 Å². The van der Waals surface area contributed by atoms with Gasteiger partial charge in [0.2, 0.25) is 0 Å². The van der Waals surface area contributed by atoms with Gasteiger partial charge in [-0.1, -0.05) is 5.16 Å². The lowest BCUT2D eigenvalue weighted by atomic mass is 9.95.